The largest absolute Gasteiger partial charge is 0.339 e. The SMILES string of the molecule is CC1CCN(C(=O)c2cc(S(N)(=O)=O)ccc2Cl)CC1. The van der Waals surface area contributed by atoms with Crippen LogP contribution in [0.2, 0.25) is 5.02 Å². The third kappa shape index (κ3) is 3.31. The average Bonchev–Trinajstić information content (AvgIpc) is 2.38. The van der Waals surface area contributed by atoms with Crippen molar-refractivity contribution < 1.29 is 13.2 Å². The van der Waals surface area contributed by atoms with Gasteiger partial charge in [0, 0.05) is 13.1 Å². The molecule has 5 nitrogen and oxygen atoms in total. The lowest BCUT2D eigenvalue weighted by molar-refractivity contribution is 0.0697. The fraction of sp³-hybridized carbons (Fsp3) is 0.462. The van der Waals surface area contributed by atoms with E-state index in [0.717, 1.165) is 12.8 Å². The molecule has 0 atom stereocenters. The Hall–Kier alpha value is -1.11. The Kier molecular flexibility index (Phi) is 4.36. The van der Waals surface area contributed by atoms with E-state index in [1.165, 1.54) is 18.2 Å². The van der Waals surface area contributed by atoms with Crippen molar-refractivity contribution in [2.45, 2.75) is 24.7 Å². The van der Waals surface area contributed by atoms with Crippen LogP contribution in [0.15, 0.2) is 23.1 Å². The zero-order valence-electron chi connectivity index (χ0n) is 11.2. The predicted molar refractivity (Wildman–Crippen MR) is 77.1 cm³/mol. The molecule has 0 spiro atoms. The van der Waals surface area contributed by atoms with Crippen LogP contribution in [0.1, 0.15) is 30.1 Å². The number of carbonyl (C=O) groups excluding carboxylic acids is 1. The second-order valence-electron chi connectivity index (χ2n) is 5.16. The van der Waals surface area contributed by atoms with E-state index < -0.39 is 10.0 Å². The van der Waals surface area contributed by atoms with Gasteiger partial charge in [-0.05, 0) is 37.0 Å². The minimum atomic E-state index is -3.84. The normalized spacial score (nSPS) is 17.2. The smallest absolute Gasteiger partial charge is 0.255 e. The Labute approximate surface area is 123 Å². The van der Waals surface area contributed by atoms with Crippen molar-refractivity contribution >= 4 is 27.5 Å². The fourth-order valence-corrected chi connectivity index (χ4v) is 2.97. The summed E-state index contributed by atoms with van der Waals surface area (Å²) in [7, 11) is -3.84. The third-order valence-electron chi connectivity index (χ3n) is 3.57. The van der Waals surface area contributed by atoms with Crippen LogP contribution in [0, 0.1) is 5.92 Å². The molecule has 0 bridgehead atoms. The van der Waals surface area contributed by atoms with Crippen LogP contribution in [0.4, 0.5) is 0 Å². The van der Waals surface area contributed by atoms with Crippen molar-refractivity contribution in [1.29, 1.82) is 0 Å². The maximum absolute atomic E-state index is 12.4. The molecular weight excluding hydrogens is 300 g/mol. The van der Waals surface area contributed by atoms with Gasteiger partial charge in [-0.2, -0.15) is 0 Å². The second-order valence-corrected chi connectivity index (χ2v) is 7.13. The molecule has 1 fully saturated rings. The Balaban J connectivity index is 2.30. The van der Waals surface area contributed by atoms with Crippen LogP contribution in [-0.2, 0) is 10.0 Å². The molecule has 0 saturated carbocycles. The molecule has 1 aromatic rings. The summed E-state index contributed by atoms with van der Waals surface area (Å²) < 4.78 is 22.7. The van der Waals surface area contributed by atoms with Crippen molar-refractivity contribution in [2.24, 2.45) is 11.1 Å². The van der Waals surface area contributed by atoms with Crippen molar-refractivity contribution in [3.8, 4) is 0 Å². The lowest BCUT2D eigenvalue weighted by atomic mass is 9.98. The van der Waals surface area contributed by atoms with E-state index in [-0.39, 0.29) is 21.4 Å². The lowest BCUT2D eigenvalue weighted by Crippen LogP contribution is -2.38. The van der Waals surface area contributed by atoms with Crippen molar-refractivity contribution in [2.75, 3.05) is 13.1 Å². The molecular formula is C13H17ClN2O3S. The number of halogens is 1. The van der Waals surface area contributed by atoms with Gasteiger partial charge in [0.05, 0.1) is 15.5 Å². The first-order valence-corrected chi connectivity index (χ1v) is 8.33. The van der Waals surface area contributed by atoms with E-state index in [9.17, 15) is 13.2 Å². The Morgan fingerprint density at radius 1 is 1.35 bits per heavy atom. The summed E-state index contributed by atoms with van der Waals surface area (Å²) in [5.41, 5.74) is 0.188. The Bertz CT molecular complexity index is 623. The van der Waals surface area contributed by atoms with Crippen LogP contribution in [0.25, 0.3) is 0 Å². The molecule has 1 heterocycles. The molecule has 1 aromatic carbocycles. The summed E-state index contributed by atoms with van der Waals surface area (Å²) in [5.74, 6) is 0.359. The van der Waals surface area contributed by atoms with Gasteiger partial charge in [0.15, 0.2) is 0 Å². The van der Waals surface area contributed by atoms with Gasteiger partial charge in [0.2, 0.25) is 10.0 Å². The molecule has 1 aliphatic rings. The summed E-state index contributed by atoms with van der Waals surface area (Å²) in [6, 6.07) is 3.94. The van der Waals surface area contributed by atoms with Crippen molar-refractivity contribution in [3.05, 3.63) is 28.8 Å². The molecule has 110 valence electrons. The Morgan fingerprint density at radius 3 is 2.50 bits per heavy atom. The van der Waals surface area contributed by atoms with Gasteiger partial charge in [-0.3, -0.25) is 4.79 Å². The number of nitrogens with zero attached hydrogens (tertiary/aromatic N) is 1. The van der Waals surface area contributed by atoms with Gasteiger partial charge in [-0.25, -0.2) is 13.6 Å². The first-order valence-electron chi connectivity index (χ1n) is 6.40. The average molecular weight is 317 g/mol. The number of amides is 1. The molecule has 1 aliphatic heterocycles. The topological polar surface area (TPSA) is 80.5 Å². The molecule has 0 aliphatic carbocycles. The van der Waals surface area contributed by atoms with Crippen LogP contribution in [0.3, 0.4) is 0 Å². The maximum Gasteiger partial charge on any atom is 0.255 e. The van der Waals surface area contributed by atoms with Gasteiger partial charge >= 0.3 is 0 Å². The van der Waals surface area contributed by atoms with Gasteiger partial charge in [0.25, 0.3) is 5.91 Å². The number of likely N-dealkylation sites (tertiary alicyclic amines) is 1. The summed E-state index contributed by atoms with van der Waals surface area (Å²) in [5, 5.41) is 5.31. The summed E-state index contributed by atoms with van der Waals surface area (Å²) in [6.45, 7) is 3.47. The van der Waals surface area contributed by atoms with E-state index in [0.29, 0.717) is 19.0 Å². The van der Waals surface area contributed by atoms with Gasteiger partial charge < -0.3 is 4.90 Å². The monoisotopic (exact) mass is 316 g/mol. The van der Waals surface area contributed by atoms with E-state index in [2.05, 4.69) is 6.92 Å². The van der Waals surface area contributed by atoms with Crippen molar-refractivity contribution in [1.82, 2.24) is 4.90 Å². The lowest BCUT2D eigenvalue weighted by Gasteiger charge is -2.30. The molecule has 1 amide bonds. The molecule has 0 radical (unpaired) electrons. The van der Waals surface area contributed by atoms with E-state index in [1.807, 2.05) is 0 Å². The summed E-state index contributed by atoms with van der Waals surface area (Å²) in [6.07, 6.45) is 1.89. The van der Waals surface area contributed by atoms with Crippen LogP contribution >= 0.6 is 11.6 Å². The highest BCUT2D eigenvalue weighted by atomic mass is 35.5. The first kappa shape index (κ1) is 15.3. The molecule has 2 N–H and O–H groups in total. The fourth-order valence-electron chi connectivity index (χ4n) is 2.23. The quantitative estimate of drug-likeness (QED) is 0.904. The number of hydrogen-bond donors (Lipinski definition) is 1. The number of benzene rings is 1. The Morgan fingerprint density at radius 2 is 1.95 bits per heavy atom. The van der Waals surface area contributed by atoms with Gasteiger partial charge in [-0.1, -0.05) is 18.5 Å². The van der Waals surface area contributed by atoms with Gasteiger partial charge in [-0.15, -0.1) is 0 Å². The minimum absolute atomic E-state index is 0.101. The molecule has 20 heavy (non-hydrogen) atoms. The van der Waals surface area contributed by atoms with Crippen LogP contribution in [-0.4, -0.2) is 32.3 Å². The number of primary sulfonamides is 1. The van der Waals surface area contributed by atoms with E-state index in [1.54, 1.807) is 4.90 Å². The summed E-state index contributed by atoms with van der Waals surface area (Å²) in [4.78, 5) is 14.0. The number of piperidine rings is 1. The number of nitrogens with two attached hydrogens (primary N) is 1. The van der Waals surface area contributed by atoms with E-state index in [4.69, 9.17) is 16.7 Å². The van der Waals surface area contributed by atoms with Crippen molar-refractivity contribution in [3.63, 3.8) is 0 Å². The highest BCUT2D eigenvalue weighted by molar-refractivity contribution is 7.89. The van der Waals surface area contributed by atoms with Gasteiger partial charge in [0.1, 0.15) is 0 Å². The molecule has 0 aromatic heterocycles. The number of carbonyl (C=O) groups is 1. The minimum Gasteiger partial charge on any atom is -0.339 e. The predicted octanol–water partition coefficient (Wildman–Crippen LogP) is 1.86. The number of sulfonamides is 1. The third-order valence-corrected chi connectivity index (χ3v) is 4.81. The highest BCUT2D eigenvalue weighted by Gasteiger charge is 2.24. The summed E-state index contributed by atoms with van der Waals surface area (Å²) >= 11 is 6.01. The zero-order chi connectivity index (χ0) is 14.9. The molecule has 7 heteroatoms. The number of rotatable bonds is 2. The maximum atomic E-state index is 12.4. The molecule has 1 saturated heterocycles. The second kappa shape index (κ2) is 5.71. The van der Waals surface area contributed by atoms with Crippen LogP contribution in [0.5, 0.6) is 0 Å². The van der Waals surface area contributed by atoms with Crippen LogP contribution < -0.4 is 5.14 Å². The molecule has 2 rings (SSSR count). The number of hydrogen-bond acceptors (Lipinski definition) is 3. The molecule has 0 unspecified atom stereocenters. The standard InChI is InChI=1S/C13H17ClN2O3S/c1-9-4-6-16(7-5-9)13(17)11-8-10(20(15,18)19)2-3-12(11)14/h2-3,8-9H,4-7H2,1H3,(H2,15,18,19). The first-order chi connectivity index (χ1) is 9.29. The zero-order valence-corrected chi connectivity index (χ0v) is 12.7. The highest BCUT2D eigenvalue weighted by Crippen LogP contribution is 2.24. The van der Waals surface area contributed by atoms with E-state index >= 15 is 0 Å².